The van der Waals surface area contributed by atoms with Gasteiger partial charge in [0, 0.05) is 0 Å². The molecule has 1 aliphatic carbocycles. The third-order valence-electron chi connectivity index (χ3n) is 9.15. The summed E-state index contributed by atoms with van der Waals surface area (Å²) in [6.07, 6.45) is 4.17. The predicted octanol–water partition coefficient (Wildman–Crippen LogP) is 8.45. The summed E-state index contributed by atoms with van der Waals surface area (Å²) in [5, 5.41) is 6.02. The summed E-state index contributed by atoms with van der Waals surface area (Å²) in [6.45, 7) is 28.6. The average molecular weight is 615 g/mol. The molecular formula is C38H54Si2Ti. The summed E-state index contributed by atoms with van der Waals surface area (Å²) in [6, 6.07) is 21.5. The molecule has 0 spiro atoms. The van der Waals surface area contributed by atoms with Crippen molar-refractivity contribution in [3.63, 3.8) is 0 Å². The third kappa shape index (κ3) is 6.18. The molecule has 0 bridgehead atoms. The van der Waals surface area contributed by atoms with Crippen LogP contribution in [0.15, 0.2) is 71.3 Å². The van der Waals surface area contributed by atoms with Crippen LogP contribution in [0.2, 0.25) is 24.7 Å². The van der Waals surface area contributed by atoms with Crippen LogP contribution in [-0.4, -0.2) is 16.1 Å². The van der Waals surface area contributed by atoms with Gasteiger partial charge in [0.25, 0.3) is 0 Å². The van der Waals surface area contributed by atoms with E-state index in [1.807, 2.05) is 0 Å². The molecule has 0 saturated carbocycles. The summed E-state index contributed by atoms with van der Waals surface area (Å²) < 4.78 is 0. The number of aryl methyl sites for hydroxylation is 5. The monoisotopic (exact) mass is 614 g/mol. The van der Waals surface area contributed by atoms with E-state index in [-0.39, 0.29) is 49.0 Å². The van der Waals surface area contributed by atoms with Crippen LogP contribution in [-0.2, 0) is 21.7 Å². The maximum Gasteiger partial charge on any atom is 4.00 e. The van der Waals surface area contributed by atoms with E-state index in [4.69, 9.17) is 0 Å². The van der Waals surface area contributed by atoms with Gasteiger partial charge in [0.15, 0.2) is 0 Å². The molecule has 0 fully saturated rings. The van der Waals surface area contributed by atoms with Crippen LogP contribution in [0.5, 0.6) is 0 Å². The number of rotatable bonds is 5. The van der Waals surface area contributed by atoms with Gasteiger partial charge in [-0.1, -0.05) is 133 Å². The average Bonchev–Trinajstić information content (AvgIpc) is 2.99. The van der Waals surface area contributed by atoms with Gasteiger partial charge in [-0.15, -0.1) is 6.92 Å². The van der Waals surface area contributed by atoms with Crippen LogP contribution in [0, 0.1) is 63.0 Å². The summed E-state index contributed by atoms with van der Waals surface area (Å²) in [4.78, 5) is 0. The van der Waals surface area contributed by atoms with Gasteiger partial charge >= 0.3 is 21.7 Å². The molecule has 0 saturated heterocycles. The van der Waals surface area contributed by atoms with Gasteiger partial charge in [-0.05, 0) is 50.2 Å². The Morgan fingerprint density at radius 3 is 1.34 bits per heavy atom. The van der Waals surface area contributed by atoms with Crippen molar-refractivity contribution in [1.29, 1.82) is 0 Å². The first-order valence-corrected chi connectivity index (χ1v) is 19.2. The first-order chi connectivity index (χ1) is 17.2. The number of hydrogen-bond donors (Lipinski definition) is 0. The predicted molar refractivity (Wildman–Crippen MR) is 189 cm³/mol. The molecule has 0 amide bonds. The topological polar surface area (TPSA) is 0 Å². The Balaban J connectivity index is 0.00000400. The molecule has 218 valence electrons. The molecule has 0 heterocycles. The Bertz CT molecular complexity index is 1360. The minimum absolute atomic E-state index is 0. The second-order valence-electron chi connectivity index (χ2n) is 12.7. The fourth-order valence-electron chi connectivity index (χ4n) is 7.04. The van der Waals surface area contributed by atoms with Gasteiger partial charge in [-0.25, -0.2) is 5.57 Å². The second kappa shape index (κ2) is 13.7. The fraction of sp³-hybridized carbons (Fsp3) is 0.342. The summed E-state index contributed by atoms with van der Waals surface area (Å²) in [7, 11) is -4.30. The van der Waals surface area contributed by atoms with Crippen molar-refractivity contribution in [2.24, 2.45) is 0 Å². The number of allylic oxidation sites excluding steroid dienone is 4. The van der Waals surface area contributed by atoms with E-state index < -0.39 is 16.1 Å². The van der Waals surface area contributed by atoms with Crippen LogP contribution in [0.4, 0.5) is 0 Å². The van der Waals surface area contributed by atoms with Crippen molar-refractivity contribution in [2.75, 3.05) is 0 Å². The first-order valence-electron chi connectivity index (χ1n) is 13.7. The van der Waals surface area contributed by atoms with Crippen molar-refractivity contribution in [1.82, 2.24) is 0 Å². The van der Waals surface area contributed by atoms with Gasteiger partial charge in [0.1, 0.15) is 8.07 Å². The third-order valence-corrected chi connectivity index (χ3v) is 17.4. The van der Waals surface area contributed by atoms with Gasteiger partial charge in [0.05, 0.1) is 8.07 Å². The number of hydrogen-bond acceptors (Lipinski definition) is 0. The van der Waals surface area contributed by atoms with Crippen LogP contribution in [0.1, 0.15) is 55.5 Å². The zero-order valence-corrected chi connectivity index (χ0v) is 32.3. The second-order valence-corrected chi connectivity index (χ2v) is 21.9. The zero-order valence-electron chi connectivity index (χ0n) is 28.7. The van der Waals surface area contributed by atoms with Crippen molar-refractivity contribution < 1.29 is 21.7 Å². The Morgan fingerprint density at radius 1 is 0.610 bits per heavy atom. The maximum atomic E-state index is 4.17. The molecule has 3 aromatic rings. The van der Waals surface area contributed by atoms with Crippen molar-refractivity contribution in [3.8, 4) is 0 Å². The van der Waals surface area contributed by atoms with Crippen molar-refractivity contribution >= 4 is 36.9 Å². The fourth-order valence-corrected chi connectivity index (χ4v) is 15.5. The molecule has 0 aromatic heterocycles. The Morgan fingerprint density at radius 2 is 1.00 bits per heavy atom. The van der Waals surface area contributed by atoms with E-state index in [1.165, 1.54) is 49.7 Å². The van der Waals surface area contributed by atoms with Crippen LogP contribution < -0.4 is 20.7 Å². The molecular weight excluding hydrogens is 560 g/mol. The Labute approximate surface area is 271 Å². The molecule has 3 heteroatoms. The molecule has 0 aliphatic heterocycles. The Kier molecular flexibility index (Phi) is 13.1. The quantitative estimate of drug-likeness (QED) is 0.154. The number of benzene rings is 3. The molecule has 3 aromatic carbocycles. The maximum absolute atomic E-state index is 4.17. The van der Waals surface area contributed by atoms with E-state index in [1.54, 1.807) is 15.6 Å². The van der Waals surface area contributed by atoms with Gasteiger partial charge in [0.2, 0.25) is 0 Å². The van der Waals surface area contributed by atoms with E-state index in [0.717, 1.165) is 0 Å². The largest absolute Gasteiger partial charge is 4.00 e. The SMILES string of the molecule is CC1=[C-]C(C)([Si](c2cc(C)cc([Si](C)(C)C)c2)(c2c(C)cccc2C)c2c(C)cccc2C)C(C)=C1C.[CH3-].[CH3-].[CH3-].[Ti+4]. The van der Waals surface area contributed by atoms with Gasteiger partial charge < -0.3 is 22.3 Å². The normalized spacial score (nSPS) is 16.6. The van der Waals surface area contributed by atoms with Crippen LogP contribution >= 0.6 is 0 Å². The van der Waals surface area contributed by atoms with Crippen LogP contribution in [0.3, 0.4) is 0 Å². The molecule has 0 N–H and O–H groups in total. The smallest absolute Gasteiger partial charge is 0.358 e. The van der Waals surface area contributed by atoms with Crippen molar-refractivity contribution in [3.05, 3.63) is 127 Å². The van der Waals surface area contributed by atoms with E-state index >= 15 is 0 Å². The minimum Gasteiger partial charge on any atom is -0.358 e. The van der Waals surface area contributed by atoms with Gasteiger partial charge in [-0.2, -0.15) is 11.1 Å². The molecule has 41 heavy (non-hydrogen) atoms. The Hall–Kier alpha value is -1.71. The van der Waals surface area contributed by atoms with Crippen molar-refractivity contribution in [2.45, 2.75) is 87.0 Å². The summed E-state index contributed by atoms with van der Waals surface area (Å²) >= 11 is 0. The molecule has 4 rings (SSSR count). The van der Waals surface area contributed by atoms with E-state index in [9.17, 15) is 0 Å². The van der Waals surface area contributed by atoms with E-state index in [0.29, 0.717) is 0 Å². The minimum atomic E-state index is -2.75. The molecule has 1 aliphatic rings. The standard InChI is InChI=1S/C35H45Si2.3CH3.Ti/c1-23-19-31(36(10,11)12)21-32(20-23)37(33-24(2)15-13-16-25(33)3,34-26(4)17-14-18-27(34)5)35(9)22-28(6)29(7)30(35)8;;;;/h13-21H,1-12H3;3*1H3;/q4*-1;+4. The first kappa shape index (κ1) is 39.3. The zero-order chi connectivity index (χ0) is 27.5. The summed E-state index contributed by atoms with van der Waals surface area (Å²) in [5.41, 5.74) is 11.2. The summed E-state index contributed by atoms with van der Waals surface area (Å²) in [5.74, 6) is 0. The van der Waals surface area contributed by atoms with Crippen LogP contribution in [0.25, 0.3) is 0 Å². The molecule has 0 radical (unpaired) electrons. The molecule has 0 nitrogen and oxygen atoms in total. The van der Waals surface area contributed by atoms with Gasteiger partial charge in [-0.3, -0.25) is 6.08 Å². The van der Waals surface area contributed by atoms with E-state index in [2.05, 4.69) is 143 Å². The molecule has 1 atom stereocenters. The molecule has 1 unspecified atom stereocenters.